The molecule has 40 heavy (non-hydrogen) atoms. The highest BCUT2D eigenvalue weighted by molar-refractivity contribution is 7.22. The van der Waals surface area contributed by atoms with Gasteiger partial charge in [0.25, 0.3) is 0 Å². The van der Waals surface area contributed by atoms with Crippen molar-refractivity contribution in [1.29, 1.82) is 0 Å². The largest absolute Gasteiger partial charge is 0.359 e. The molecule has 0 bridgehead atoms. The van der Waals surface area contributed by atoms with E-state index in [1.54, 1.807) is 19.2 Å². The molecule has 0 radical (unpaired) electrons. The second-order valence-corrected chi connectivity index (χ2v) is 10.7. The highest BCUT2D eigenvalue weighted by Crippen LogP contribution is 2.36. The van der Waals surface area contributed by atoms with Crippen LogP contribution in [0.15, 0.2) is 40.2 Å². The van der Waals surface area contributed by atoms with E-state index in [9.17, 15) is 22.8 Å². The lowest BCUT2D eigenvalue weighted by atomic mass is 10.2. The molecule has 206 valence electrons. The zero-order chi connectivity index (χ0) is 28.1. The van der Waals surface area contributed by atoms with E-state index in [4.69, 9.17) is 11.6 Å². The average Bonchev–Trinajstić information content (AvgIpc) is 3.48. The number of nitrogens with one attached hydrogen (secondary N) is 2. The number of halogens is 4. The maximum atomic E-state index is 14.6. The predicted octanol–water partition coefficient (Wildman–Crippen LogP) is 3.63. The molecule has 0 atom stereocenters. The van der Waals surface area contributed by atoms with E-state index in [1.165, 1.54) is 22.3 Å². The van der Waals surface area contributed by atoms with Crippen molar-refractivity contribution in [2.24, 2.45) is 7.05 Å². The Hall–Kier alpha value is -4.24. The summed E-state index contributed by atoms with van der Waals surface area (Å²) in [5, 5.41) is 11.2. The molecule has 0 unspecified atom stereocenters. The van der Waals surface area contributed by atoms with Crippen LogP contribution >= 0.6 is 22.9 Å². The van der Waals surface area contributed by atoms with E-state index in [-0.39, 0.29) is 28.9 Å². The molecular formula is C24H19ClF3N9O2S. The first-order valence-electron chi connectivity index (χ1n) is 12.0. The van der Waals surface area contributed by atoms with Gasteiger partial charge in [0.05, 0.1) is 34.0 Å². The minimum atomic E-state index is -1.38. The van der Waals surface area contributed by atoms with Crippen LogP contribution in [0.25, 0.3) is 10.2 Å². The number of fused-ring (bicyclic) bond motifs is 1. The molecule has 5 aromatic rings. The highest BCUT2D eigenvalue weighted by atomic mass is 35.5. The molecule has 1 aliphatic rings. The van der Waals surface area contributed by atoms with Gasteiger partial charge in [0.1, 0.15) is 12.1 Å². The summed E-state index contributed by atoms with van der Waals surface area (Å²) in [5.74, 6) is -3.89. The summed E-state index contributed by atoms with van der Waals surface area (Å²) in [6.07, 6.45) is 3.54. The normalized spacial score (nSPS) is 13.2. The smallest absolute Gasteiger partial charge is 0.355 e. The first-order chi connectivity index (χ1) is 19.1. The maximum absolute atomic E-state index is 14.6. The van der Waals surface area contributed by atoms with Gasteiger partial charge in [0.2, 0.25) is 5.95 Å². The van der Waals surface area contributed by atoms with Crippen molar-refractivity contribution in [2.75, 3.05) is 10.6 Å². The Kier molecular flexibility index (Phi) is 6.54. The Labute approximate surface area is 231 Å². The third-order valence-electron chi connectivity index (χ3n) is 6.14. The molecule has 6 rings (SSSR count). The number of anilines is 3. The zero-order valence-corrected chi connectivity index (χ0v) is 22.2. The molecule has 2 N–H and O–H groups in total. The number of rotatable bonds is 8. The Morgan fingerprint density at radius 1 is 1.02 bits per heavy atom. The number of aromatic nitrogens is 7. The van der Waals surface area contributed by atoms with Crippen LogP contribution in [-0.2, 0) is 20.1 Å². The molecule has 11 nitrogen and oxygen atoms in total. The van der Waals surface area contributed by atoms with Gasteiger partial charge >= 0.3 is 11.4 Å². The van der Waals surface area contributed by atoms with Crippen molar-refractivity contribution < 1.29 is 13.2 Å². The third-order valence-corrected chi connectivity index (χ3v) is 7.41. The fraction of sp³-hybridized carbons (Fsp3) is 0.250. The third kappa shape index (κ3) is 5.16. The van der Waals surface area contributed by atoms with Gasteiger partial charge in [0.15, 0.2) is 22.6 Å². The topological polar surface area (TPSA) is 125 Å². The minimum absolute atomic E-state index is 0.157. The maximum Gasteiger partial charge on any atom is 0.355 e. The predicted molar refractivity (Wildman–Crippen MR) is 143 cm³/mol. The van der Waals surface area contributed by atoms with Crippen LogP contribution in [0.3, 0.4) is 0 Å². The van der Waals surface area contributed by atoms with E-state index < -0.39 is 35.4 Å². The quantitative estimate of drug-likeness (QED) is 0.263. The Bertz CT molecular complexity index is 1900. The second kappa shape index (κ2) is 10.1. The van der Waals surface area contributed by atoms with Crippen LogP contribution in [0.4, 0.5) is 29.9 Å². The lowest BCUT2D eigenvalue weighted by Crippen LogP contribution is -2.43. The van der Waals surface area contributed by atoms with E-state index in [2.05, 4.69) is 30.7 Å². The van der Waals surface area contributed by atoms with Crippen molar-refractivity contribution in [3.63, 3.8) is 0 Å². The lowest BCUT2D eigenvalue weighted by Gasteiger charge is -2.16. The molecule has 0 amide bonds. The molecular weight excluding hydrogens is 571 g/mol. The number of aryl methyl sites for hydroxylation is 1. The average molecular weight is 590 g/mol. The SMILES string of the molecule is Cn1cnc(Cn2c(=O)nc(Nc3cc4sc(NC5CC5)nc4cc3Cl)n(Cc3cc(F)c(F)cc3F)c2=O)n1. The molecule has 2 aromatic carbocycles. The molecule has 16 heteroatoms. The van der Waals surface area contributed by atoms with Gasteiger partial charge in [-0.05, 0) is 31.0 Å². The molecule has 0 spiro atoms. The van der Waals surface area contributed by atoms with E-state index in [1.807, 2.05) is 0 Å². The standard InChI is InChI=1S/C24H19ClF3N9O2S/c1-35-10-29-20(34-35)9-37-23(38)33-21(36(24(37)39)8-11-4-15(27)16(28)6-14(11)26)31-17-7-19-18(5-13(17)25)32-22(40-19)30-12-2-3-12/h4-7,10,12H,2-3,8-9H2,1H3,(H,30,32)(H,31,33,38). The number of nitrogens with zero attached hydrogens (tertiary/aromatic N) is 7. The van der Waals surface area contributed by atoms with Crippen LogP contribution in [0, 0.1) is 17.5 Å². The van der Waals surface area contributed by atoms with Crippen molar-refractivity contribution in [3.8, 4) is 0 Å². The molecule has 1 fully saturated rings. The fourth-order valence-electron chi connectivity index (χ4n) is 3.98. The van der Waals surface area contributed by atoms with Crippen molar-refractivity contribution in [2.45, 2.75) is 32.0 Å². The van der Waals surface area contributed by atoms with Crippen LogP contribution < -0.4 is 22.0 Å². The number of thiazole rings is 1. The molecule has 1 saturated carbocycles. The van der Waals surface area contributed by atoms with Crippen molar-refractivity contribution in [3.05, 3.63) is 85.4 Å². The first kappa shape index (κ1) is 26.0. The van der Waals surface area contributed by atoms with Gasteiger partial charge < -0.3 is 10.6 Å². The van der Waals surface area contributed by atoms with Crippen LogP contribution in [-0.4, -0.2) is 39.9 Å². The van der Waals surface area contributed by atoms with E-state index in [0.717, 1.165) is 31.8 Å². The van der Waals surface area contributed by atoms with Gasteiger partial charge in [0, 0.05) is 24.7 Å². The lowest BCUT2D eigenvalue weighted by molar-refractivity contribution is 0.485. The fourth-order valence-corrected chi connectivity index (χ4v) is 5.15. The van der Waals surface area contributed by atoms with Crippen LogP contribution in [0.2, 0.25) is 5.02 Å². The Balaban J connectivity index is 1.43. The van der Waals surface area contributed by atoms with E-state index >= 15 is 0 Å². The summed E-state index contributed by atoms with van der Waals surface area (Å²) < 4.78 is 45.9. The summed E-state index contributed by atoms with van der Waals surface area (Å²) in [4.78, 5) is 39.0. The molecule has 3 heterocycles. The Morgan fingerprint density at radius 2 is 1.80 bits per heavy atom. The summed E-state index contributed by atoms with van der Waals surface area (Å²) in [5.41, 5.74) is -1.24. The minimum Gasteiger partial charge on any atom is -0.359 e. The van der Waals surface area contributed by atoms with E-state index in [0.29, 0.717) is 29.4 Å². The molecule has 3 aromatic heterocycles. The van der Waals surface area contributed by atoms with Gasteiger partial charge in [-0.2, -0.15) is 10.1 Å². The molecule has 1 aliphatic carbocycles. The summed E-state index contributed by atoms with van der Waals surface area (Å²) in [7, 11) is 1.61. The number of hydrogen-bond donors (Lipinski definition) is 2. The van der Waals surface area contributed by atoms with Crippen LogP contribution in [0.5, 0.6) is 0 Å². The summed E-state index contributed by atoms with van der Waals surface area (Å²) >= 11 is 7.89. The summed E-state index contributed by atoms with van der Waals surface area (Å²) in [6.45, 7) is -0.903. The monoisotopic (exact) mass is 589 g/mol. The zero-order valence-electron chi connectivity index (χ0n) is 20.7. The van der Waals surface area contributed by atoms with Gasteiger partial charge in [-0.15, -0.1) is 0 Å². The number of benzene rings is 2. The van der Waals surface area contributed by atoms with Gasteiger partial charge in [-0.3, -0.25) is 9.25 Å². The molecule has 0 aliphatic heterocycles. The summed E-state index contributed by atoms with van der Waals surface area (Å²) in [6, 6.07) is 4.73. The second-order valence-electron chi connectivity index (χ2n) is 9.23. The van der Waals surface area contributed by atoms with Crippen molar-refractivity contribution in [1.82, 2.24) is 33.9 Å². The van der Waals surface area contributed by atoms with Crippen LogP contribution in [0.1, 0.15) is 24.2 Å². The Morgan fingerprint density at radius 3 is 2.52 bits per heavy atom. The highest BCUT2D eigenvalue weighted by Gasteiger charge is 2.23. The van der Waals surface area contributed by atoms with Gasteiger partial charge in [-0.25, -0.2) is 37.3 Å². The van der Waals surface area contributed by atoms with Crippen molar-refractivity contribution >= 4 is 49.9 Å². The number of hydrogen-bond acceptors (Lipinski definition) is 9. The molecule has 0 saturated heterocycles. The first-order valence-corrected chi connectivity index (χ1v) is 13.2. The van der Waals surface area contributed by atoms with Gasteiger partial charge in [-0.1, -0.05) is 22.9 Å².